The Hall–Kier alpha value is -1.26. The molecule has 1 aliphatic heterocycles. The molecule has 1 aromatic rings. The Balaban J connectivity index is 1.96. The van der Waals surface area contributed by atoms with E-state index < -0.39 is 5.91 Å². The van der Waals surface area contributed by atoms with Crippen LogP contribution >= 0.6 is 11.6 Å². The number of anilines is 1. The van der Waals surface area contributed by atoms with E-state index in [2.05, 4.69) is 10.6 Å². The van der Waals surface area contributed by atoms with Crippen LogP contribution in [0.3, 0.4) is 0 Å². The van der Waals surface area contributed by atoms with Crippen molar-refractivity contribution >= 4 is 23.2 Å². The second-order valence-electron chi connectivity index (χ2n) is 4.63. The van der Waals surface area contributed by atoms with Crippen LogP contribution in [0.2, 0.25) is 5.02 Å². The fourth-order valence-electron chi connectivity index (χ4n) is 2.17. The van der Waals surface area contributed by atoms with Crippen molar-refractivity contribution in [2.75, 3.05) is 25.0 Å². The van der Waals surface area contributed by atoms with E-state index >= 15 is 0 Å². The molecule has 98 valence electrons. The van der Waals surface area contributed by atoms with Crippen LogP contribution in [0.4, 0.5) is 5.69 Å². The zero-order chi connectivity index (χ0) is 13.0. The summed E-state index contributed by atoms with van der Waals surface area (Å²) in [5.41, 5.74) is 6.53. The maximum atomic E-state index is 11.2. The average molecular weight is 268 g/mol. The number of nitrogens with one attached hydrogen (secondary N) is 2. The number of hydrogen-bond acceptors (Lipinski definition) is 3. The summed E-state index contributed by atoms with van der Waals surface area (Å²) >= 11 is 5.90. The number of amides is 1. The number of benzene rings is 1. The summed E-state index contributed by atoms with van der Waals surface area (Å²) in [6.45, 7) is 3.08. The molecule has 4 N–H and O–H groups in total. The first-order chi connectivity index (χ1) is 8.66. The van der Waals surface area contributed by atoms with Gasteiger partial charge in [0.05, 0.1) is 10.6 Å². The Labute approximate surface area is 112 Å². The molecule has 0 atom stereocenters. The van der Waals surface area contributed by atoms with Crippen LogP contribution in [-0.2, 0) is 0 Å². The minimum atomic E-state index is -0.495. The third-order valence-corrected chi connectivity index (χ3v) is 3.61. The maximum absolute atomic E-state index is 11.2. The Morgan fingerprint density at radius 1 is 1.44 bits per heavy atom. The van der Waals surface area contributed by atoms with E-state index in [-0.39, 0.29) is 0 Å². The average Bonchev–Trinajstić information content (AvgIpc) is 2.38. The molecule has 1 aromatic carbocycles. The quantitative estimate of drug-likeness (QED) is 0.780. The SMILES string of the molecule is NC(=O)c1cc(NCC2CCNCC2)ccc1Cl. The van der Waals surface area contributed by atoms with Crippen molar-refractivity contribution in [1.82, 2.24) is 5.32 Å². The van der Waals surface area contributed by atoms with Crippen molar-refractivity contribution in [3.05, 3.63) is 28.8 Å². The van der Waals surface area contributed by atoms with E-state index in [4.69, 9.17) is 17.3 Å². The predicted octanol–water partition coefficient (Wildman–Crippen LogP) is 1.85. The molecule has 18 heavy (non-hydrogen) atoms. The van der Waals surface area contributed by atoms with E-state index in [0.29, 0.717) is 16.5 Å². The van der Waals surface area contributed by atoms with Crippen LogP contribution in [0.25, 0.3) is 0 Å². The summed E-state index contributed by atoms with van der Waals surface area (Å²) in [5, 5.41) is 7.08. The number of hydrogen-bond donors (Lipinski definition) is 3. The molecular formula is C13H18ClN3O. The summed E-state index contributed by atoms with van der Waals surface area (Å²) in [4.78, 5) is 11.2. The number of nitrogens with two attached hydrogens (primary N) is 1. The molecule has 0 saturated carbocycles. The lowest BCUT2D eigenvalue weighted by atomic mass is 9.98. The van der Waals surface area contributed by atoms with E-state index in [0.717, 1.165) is 25.3 Å². The Morgan fingerprint density at radius 2 is 2.17 bits per heavy atom. The summed E-state index contributed by atoms with van der Waals surface area (Å²) < 4.78 is 0. The Kier molecular flexibility index (Phi) is 4.44. The smallest absolute Gasteiger partial charge is 0.250 e. The summed E-state index contributed by atoms with van der Waals surface area (Å²) in [7, 11) is 0. The summed E-state index contributed by atoms with van der Waals surface area (Å²) in [6, 6.07) is 5.29. The van der Waals surface area contributed by atoms with Crippen LogP contribution in [0.5, 0.6) is 0 Å². The monoisotopic (exact) mass is 267 g/mol. The van der Waals surface area contributed by atoms with Crippen molar-refractivity contribution in [3.8, 4) is 0 Å². The molecule has 1 amide bonds. The maximum Gasteiger partial charge on any atom is 0.250 e. The number of carbonyl (C=O) groups excluding carboxylic acids is 1. The van der Waals surface area contributed by atoms with Crippen molar-refractivity contribution in [1.29, 1.82) is 0 Å². The highest BCUT2D eigenvalue weighted by molar-refractivity contribution is 6.33. The van der Waals surface area contributed by atoms with Crippen LogP contribution < -0.4 is 16.4 Å². The van der Waals surface area contributed by atoms with Crippen molar-refractivity contribution in [3.63, 3.8) is 0 Å². The van der Waals surface area contributed by atoms with Crippen LogP contribution in [-0.4, -0.2) is 25.5 Å². The third kappa shape index (κ3) is 3.37. The van der Waals surface area contributed by atoms with E-state index in [1.165, 1.54) is 12.8 Å². The zero-order valence-corrected chi connectivity index (χ0v) is 11.0. The molecule has 0 spiro atoms. The molecule has 0 radical (unpaired) electrons. The molecule has 0 aliphatic carbocycles. The standard InChI is InChI=1S/C13H18ClN3O/c14-12-2-1-10(7-11(12)13(15)18)17-8-9-3-5-16-6-4-9/h1-2,7,9,16-17H,3-6,8H2,(H2,15,18). The van der Waals surface area contributed by atoms with Crippen LogP contribution in [0.15, 0.2) is 18.2 Å². The van der Waals surface area contributed by atoms with Gasteiger partial charge in [0, 0.05) is 12.2 Å². The van der Waals surface area contributed by atoms with Crippen LogP contribution in [0, 0.1) is 5.92 Å². The van der Waals surface area contributed by atoms with Crippen molar-refractivity contribution in [2.45, 2.75) is 12.8 Å². The molecule has 1 saturated heterocycles. The van der Waals surface area contributed by atoms with E-state index in [1.807, 2.05) is 6.07 Å². The second kappa shape index (κ2) is 6.07. The van der Waals surface area contributed by atoms with Gasteiger partial charge in [-0.05, 0) is 50.0 Å². The molecular weight excluding hydrogens is 250 g/mol. The second-order valence-corrected chi connectivity index (χ2v) is 5.04. The molecule has 1 aliphatic rings. The molecule has 4 nitrogen and oxygen atoms in total. The lowest BCUT2D eigenvalue weighted by Crippen LogP contribution is -2.31. The van der Waals surface area contributed by atoms with Gasteiger partial charge in [-0.1, -0.05) is 11.6 Å². The lowest BCUT2D eigenvalue weighted by molar-refractivity contribution is 0.100. The highest BCUT2D eigenvalue weighted by atomic mass is 35.5. The number of primary amides is 1. The van der Waals surface area contributed by atoms with Gasteiger partial charge in [0.2, 0.25) is 5.91 Å². The molecule has 5 heteroatoms. The zero-order valence-electron chi connectivity index (χ0n) is 10.2. The lowest BCUT2D eigenvalue weighted by Gasteiger charge is -2.23. The number of piperidine rings is 1. The van der Waals surface area contributed by atoms with Gasteiger partial charge in [0.25, 0.3) is 0 Å². The Bertz CT molecular complexity index is 430. The molecule has 2 rings (SSSR count). The van der Waals surface area contributed by atoms with Gasteiger partial charge in [-0.15, -0.1) is 0 Å². The fourth-order valence-corrected chi connectivity index (χ4v) is 2.38. The van der Waals surface area contributed by atoms with E-state index in [1.54, 1.807) is 12.1 Å². The summed E-state index contributed by atoms with van der Waals surface area (Å²) in [6.07, 6.45) is 2.37. The van der Waals surface area contributed by atoms with Gasteiger partial charge < -0.3 is 16.4 Å². The minimum absolute atomic E-state index is 0.368. The highest BCUT2D eigenvalue weighted by Crippen LogP contribution is 2.21. The van der Waals surface area contributed by atoms with Crippen LogP contribution in [0.1, 0.15) is 23.2 Å². The number of carbonyl (C=O) groups is 1. The van der Waals surface area contributed by atoms with Gasteiger partial charge in [0.15, 0.2) is 0 Å². The topological polar surface area (TPSA) is 67.2 Å². The van der Waals surface area contributed by atoms with Gasteiger partial charge in [-0.25, -0.2) is 0 Å². The minimum Gasteiger partial charge on any atom is -0.385 e. The number of halogens is 1. The highest BCUT2D eigenvalue weighted by Gasteiger charge is 2.13. The molecule has 0 unspecified atom stereocenters. The van der Waals surface area contributed by atoms with Crippen molar-refractivity contribution < 1.29 is 4.79 Å². The van der Waals surface area contributed by atoms with E-state index in [9.17, 15) is 4.79 Å². The van der Waals surface area contributed by atoms with Gasteiger partial charge in [-0.2, -0.15) is 0 Å². The molecule has 0 aromatic heterocycles. The first-order valence-electron chi connectivity index (χ1n) is 6.21. The molecule has 1 fully saturated rings. The first kappa shape index (κ1) is 13.2. The summed E-state index contributed by atoms with van der Waals surface area (Å²) in [5.74, 6) is 0.185. The predicted molar refractivity (Wildman–Crippen MR) is 74.1 cm³/mol. The van der Waals surface area contributed by atoms with Gasteiger partial charge >= 0.3 is 0 Å². The Morgan fingerprint density at radius 3 is 2.83 bits per heavy atom. The fraction of sp³-hybridized carbons (Fsp3) is 0.462. The largest absolute Gasteiger partial charge is 0.385 e. The molecule has 0 bridgehead atoms. The first-order valence-corrected chi connectivity index (χ1v) is 6.58. The van der Waals surface area contributed by atoms with Gasteiger partial charge in [0.1, 0.15) is 0 Å². The molecule has 1 heterocycles. The number of rotatable bonds is 4. The van der Waals surface area contributed by atoms with Crippen molar-refractivity contribution in [2.24, 2.45) is 11.7 Å². The third-order valence-electron chi connectivity index (χ3n) is 3.29. The van der Waals surface area contributed by atoms with Gasteiger partial charge in [-0.3, -0.25) is 4.79 Å². The normalized spacial score (nSPS) is 16.5.